The molecule has 19 heavy (non-hydrogen) atoms. The first kappa shape index (κ1) is 13.3. The number of benzene rings is 1. The molecule has 0 fully saturated rings. The summed E-state index contributed by atoms with van der Waals surface area (Å²) < 4.78 is 1.78. The lowest BCUT2D eigenvalue weighted by Gasteiger charge is -2.10. The summed E-state index contributed by atoms with van der Waals surface area (Å²) in [6.07, 6.45) is 4.39. The highest BCUT2D eigenvalue weighted by Crippen LogP contribution is 2.19. The minimum Gasteiger partial charge on any atom is -0.324 e. The minimum absolute atomic E-state index is 0.0539. The first-order valence-electron chi connectivity index (χ1n) is 6.62. The largest absolute Gasteiger partial charge is 0.324 e. The first-order chi connectivity index (χ1) is 9.20. The van der Waals surface area contributed by atoms with Gasteiger partial charge in [0.2, 0.25) is 5.91 Å². The van der Waals surface area contributed by atoms with Crippen LogP contribution in [-0.4, -0.2) is 15.7 Å². The Bertz CT molecular complexity index is 560. The van der Waals surface area contributed by atoms with Crippen LogP contribution in [0.3, 0.4) is 0 Å². The van der Waals surface area contributed by atoms with Crippen LogP contribution in [0.25, 0.3) is 5.69 Å². The topological polar surface area (TPSA) is 46.9 Å². The zero-order valence-electron chi connectivity index (χ0n) is 11.4. The summed E-state index contributed by atoms with van der Waals surface area (Å²) in [5.41, 5.74) is 2.64. The van der Waals surface area contributed by atoms with E-state index in [1.165, 1.54) is 0 Å². The fraction of sp³-hybridized carbons (Fsp3) is 0.333. The van der Waals surface area contributed by atoms with Crippen LogP contribution in [0.1, 0.15) is 31.9 Å². The van der Waals surface area contributed by atoms with Gasteiger partial charge in [-0.15, -0.1) is 0 Å². The van der Waals surface area contributed by atoms with Gasteiger partial charge in [-0.1, -0.05) is 25.5 Å². The van der Waals surface area contributed by atoms with Crippen molar-refractivity contribution in [2.75, 3.05) is 5.32 Å². The molecule has 0 saturated carbocycles. The SMILES string of the molecule is CCCCC(=O)Nc1ccccc1-n1ccc(C)n1. The van der Waals surface area contributed by atoms with Gasteiger partial charge in [0.25, 0.3) is 0 Å². The maximum atomic E-state index is 11.8. The summed E-state index contributed by atoms with van der Waals surface area (Å²) >= 11 is 0. The number of unbranched alkanes of at least 4 members (excludes halogenated alkanes) is 1. The van der Waals surface area contributed by atoms with E-state index in [0.29, 0.717) is 6.42 Å². The molecular formula is C15H19N3O. The number of carbonyl (C=O) groups excluding carboxylic acids is 1. The van der Waals surface area contributed by atoms with Gasteiger partial charge in [0.05, 0.1) is 17.1 Å². The summed E-state index contributed by atoms with van der Waals surface area (Å²) in [6.45, 7) is 4.02. The second kappa shape index (κ2) is 6.18. The molecule has 1 N–H and O–H groups in total. The van der Waals surface area contributed by atoms with Crippen LogP contribution in [0.5, 0.6) is 0 Å². The summed E-state index contributed by atoms with van der Waals surface area (Å²) in [5.74, 6) is 0.0539. The maximum absolute atomic E-state index is 11.8. The van der Waals surface area contributed by atoms with E-state index in [2.05, 4.69) is 17.3 Å². The second-order valence-corrected chi connectivity index (χ2v) is 4.57. The number of aryl methyl sites for hydroxylation is 1. The molecular weight excluding hydrogens is 238 g/mol. The van der Waals surface area contributed by atoms with Gasteiger partial charge >= 0.3 is 0 Å². The molecule has 0 spiro atoms. The van der Waals surface area contributed by atoms with Crippen LogP contribution in [0, 0.1) is 6.92 Å². The molecule has 0 aliphatic heterocycles. The van der Waals surface area contributed by atoms with Crippen molar-refractivity contribution in [3.8, 4) is 5.69 Å². The summed E-state index contributed by atoms with van der Waals surface area (Å²) in [6, 6.07) is 9.64. The highest BCUT2D eigenvalue weighted by molar-refractivity contribution is 5.92. The van der Waals surface area contributed by atoms with Crippen molar-refractivity contribution < 1.29 is 4.79 Å². The van der Waals surface area contributed by atoms with E-state index < -0.39 is 0 Å². The lowest BCUT2D eigenvalue weighted by molar-refractivity contribution is -0.116. The molecule has 2 rings (SSSR count). The van der Waals surface area contributed by atoms with Crippen LogP contribution in [0.2, 0.25) is 0 Å². The van der Waals surface area contributed by atoms with Crippen molar-refractivity contribution in [2.45, 2.75) is 33.1 Å². The number of aromatic nitrogens is 2. The molecule has 0 aliphatic carbocycles. The van der Waals surface area contributed by atoms with Gasteiger partial charge in [0.1, 0.15) is 0 Å². The predicted molar refractivity (Wildman–Crippen MR) is 76.5 cm³/mol. The molecule has 4 heteroatoms. The number of hydrogen-bond acceptors (Lipinski definition) is 2. The normalized spacial score (nSPS) is 10.4. The van der Waals surface area contributed by atoms with Crippen molar-refractivity contribution in [2.24, 2.45) is 0 Å². The number of carbonyl (C=O) groups is 1. The average molecular weight is 257 g/mol. The lowest BCUT2D eigenvalue weighted by Crippen LogP contribution is -2.13. The minimum atomic E-state index is 0.0539. The molecule has 0 unspecified atom stereocenters. The molecule has 0 aliphatic rings. The van der Waals surface area contributed by atoms with E-state index in [1.54, 1.807) is 4.68 Å². The zero-order valence-corrected chi connectivity index (χ0v) is 11.4. The highest BCUT2D eigenvalue weighted by atomic mass is 16.1. The number of anilines is 1. The fourth-order valence-electron chi connectivity index (χ4n) is 1.88. The van der Waals surface area contributed by atoms with Crippen LogP contribution in [0.15, 0.2) is 36.5 Å². The van der Waals surface area contributed by atoms with Crippen LogP contribution < -0.4 is 5.32 Å². The number of rotatable bonds is 5. The van der Waals surface area contributed by atoms with E-state index in [-0.39, 0.29) is 5.91 Å². The van der Waals surface area contributed by atoms with Gasteiger partial charge in [-0.2, -0.15) is 5.10 Å². The Hall–Kier alpha value is -2.10. The van der Waals surface area contributed by atoms with Crippen molar-refractivity contribution >= 4 is 11.6 Å². The molecule has 0 saturated heterocycles. The van der Waals surface area contributed by atoms with Gasteiger partial charge in [0, 0.05) is 12.6 Å². The van der Waals surface area contributed by atoms with E-state index in [4.69, 9.17) is 0 Å². The lowest BCUT2D eigenvalue weighted by atomic mass is 10.2. The summed E-state index contributed by atoms with van der Waals surface area (Å²) in [7, 11) is 0. The van der Waals surface area contributed by atoms with Crippen molar-refractivity contribution in [3.63, 3.8) is 0 Å². The molecule has 0 bridgehead atoms. The highest BCUT2D eigenvalue weighted by Gasteiger charge is 2.08. The Balaban J connectivity index is 2.19. The number of nitrogens with one attached hydrogen (secondary N) is 1. The molecule has 1 aromatic heterocycles. The summed E-state index contributed by atoms with van der Waals surface area (Å²) in [5, 5.41) is 7.33. The van der Waals surface area contributed by atoms with Gasteiger partial charge in [-0.05, 0) is 31.5 Å². The zero-order chi connectivity index (χ0) is 13.7. The van der Waals surface area contributed by atoms with Crippen molar-refractivity contribution in [3.05, 3.63) is 42.2 Å². The Morgan fingerprint density at radius 3 is 2.79 bits per heavy atom. The third kappa shape index (κ3) is 3.44. The molecule has 100 valence electrons. The van der Waals surface area contributed by atoms with Gasteiger partial charge < -0.3 is 5.32 Å². The molecule has 1 heterocycles. The van der Waals surface area contributed by atoms with E-state index >= 15 is 0 Å². The summed E-state index contributed by atoms with van der Waals surface area (Å²) in [4.78, 5) is 11.8. The fourth-order valence-corrected chi connectivity index (χ4v) is 1.88. The first-order valence-corrected chi connectivity index (χ1v) is 6.62. The van der Waals surface area contributed by atoms with E-state index in [1.807, 2.05) is 43.5 Å². The van der Waals surface area contributed by atoms with Crippen molar-refractivity contribution in [1.29, 1.82) is 0 Å². The molecule has 1 amide bonds. The third-order valence-corrected chi connectivity index (χ3v) is 2.90. The molecule has 2 aromatic rings. The van der Waals surface area contributed by atoms with Crippen LogP contribution >= 0.6 is 0 Å². The van der Waals surface area contributed by atoms with Gasteiger partial charge in [0.15, 0.2) is 0 Å². The number of para-hydroxylation sites is 2. The monoisotopic (exact) mass is 257 g/mol. The smallest absolute Gasteiger partial charge is 0.224 e. The number of hydrogen-bond donors (Lipinski definition) is 1. The van der Waals surface area contributed by atoms with Crippen LogP contribution in [0.4, 0.5) is 5.69 Å². The average Bonchev–Trinajstić information content (AvgIpc) is 2.83. The Morgan fingerprint density at radius 1 is 1.32 bits per heavy atom. The Kier molecular flexibility index (Phi) is 4.34. The predicted octanol–water partition coefficient (Wildman–Crippen LogP) is 3.31. The molecule has 0 radical (unpaired) electrons. The standard InChI is InChI=1S/C15H19N3O/c1-3-4-9-15(19)16-13-7-5-6-8-14(13)18-11-10-12(2)17-18/h5-8,10-11H,3-4,9H2,1-2H3,(H,16,19). The maximum Gasteiger partial charge on any atom is 0.224 e. The third-order valence-electron chi connectivity index (χ3n) is 2.90. The molecule has 1 aromatic carbocycles. The van der Waals surface area contributed by atoms with Gasteiger partial charge in [-0.3, -0.25) is 4.79 Å². The number of nitrogens with zero attached hydrogens (tertiary/aromatic N) is 2. The van der Waals surface area contributed by atoms with Crippen molar-refractivity contribution in [1.82, 2.24) is 9.78 Å². The van der Waals surface area contributed by atoms with Crippen LogP contribution in [-0.2, 0) is 4.79 Å². The second-order valence-electron chi connectivity index (χ2n) is 4.57. The molecule has 4 nitrogen and oxygen atoms in total. The molecule has 0 atom stereocenters. The van der Waals surface area contributed by atoms with Gasteiger partial charge in [-0.25, -0.2) is 4.68 Å². The number of amides is 1. The Labute approximate surface area is 113 Å². The Morgan fingerprint density at radius 2 is 2.11 bits per heavy atom. The quantitative estimate of drug-likeness (QED) is 0.893. The van der Waals surface area contributed by atoms with E-state index in [0.717, 1.165) is 29.9 Å². The van der Waals surface area contributed by atoms with E-state index in [9.17, 15) is 4.79 Å².